The van der Waals surface area contributed by atoms with Crippen LogP contribution < -0.4 is 0 Å². The van der Waals surface area contributed by atoms with Crippen molar-refractivity contribution in [3.8, 4) is 0 Å². The maximum atomic E-state index is 12.8. The molecule has 0 unspecified atom stereocenters. The molecule has 0 spiro atoms. The third-order valence-electron chi connectivity index (χ3n) is 4.57. The van der Waals surface area contributed by atoms with Crippen LogP contribution in [0.3, 0.4) is 0 Å². The molecule has 4 rings (SSSR count). The normalized spacial score (nSPS) is 17.6. The number of nitrogens with one attached hydrogen (secondary N) is 1. The highest BCUT2D eigenvalue weighted by Gasteiger charge is 2.25. The van der Waals surface area contributed by atoms with Crippen LogP contribution in [-0.4, -0.2) is 62.0 Å². The third kappa shape index (κ3) is 3.55. The quantitative estimate of drug-likeness (QED) is 0.765. The zero-order valence-corrected chi connectivity index (χ0v) is 14.6. The summed E-state index contributed by atoms with van der Waals surface area (Å²) in [5.74, 6) is 0.00100. The van der Waals surface area contributed by atoms with Crippen LogP contribution >= 0.6 is 0 Å². The molecule has 26 heavy (non-hydrogen) atoms. The number of carbonyl (C=O) groups excluding carboxylic acids is 1. The van der Waals surface area contributed by atoms with Gasteiger partial charge in [-0.3, -0.25) is 4.79 Å². The monoisotopic (exact) mass is 352 g/mol. The van der Waals surface area contributed by atoms with Crippen LogP contribution in [0.15, 0.2) is 30.6 Å². The largest absolute Gasteiger partial charge is 0.375 e. The molecule has 0 aliphatic carbocycles. The number of aromatic nitrogens is 5. The molecule has 0 radical (unpaired) electrons. The molecule has 1 aromatic carbocycles. The summed E-state index contributed by atoms with van der Waals surface area (Å²) in [5.41, 5.74) is 4.03. The van der Waals surface area contributed by atoms with E-state index in [0.717, 1.165) is 29.7 Å². The van der Waals surface area contributed by atoms with Gasteiger partial charge < -0.3 is 9.64 Å². The fraction of sp³-hybridized carbons (Fsp3) is 0.389. The first-order valence-electron chi connectivity index (χ1n) is 8.68. The van der Waals surface area contributed by atoms with Crippen LogP contribution in [0.1, 0.15) is 28.2 Å². The van der Waals surface area contributed by atoms with Gasteiger partial charge in [-0.05, 0) is 44.0 Å². The molecule has 1 saturated heterocycles. The van der Waals surface area contributed by atoms with E-state index in [1.54, 1.807) is 24.5 Å². The van der Waals surface area contributed by atoms with Crippen LogP contribution in [0.25, 0.3) is 11.0 Å². The lowest BCUT2D eigenvalue weighted by molar-refractivity contribution is -0.0246. The summed E-state index contributed by atoms with van der Waals surface area (Å²) < 4.78 is 5.84. The summed E-state index contributed by atoms with van der Waals surface area (Å²) in [7, 11) is 0. The van der Waals surface area contributed by atoms with E-state index in [2.05, 4.69) is 25.4 Å². The molecular weight excluding hydrogens is 332 g/mol. The van der Waals surface area contributed by atoms with Gasteiger partial charge in [0.2, 0.25) is 0 Å². The number of carbonyl (C=O) groups is 1. The smallest absolute Gasteiger partial charge is 0.254 e. The van der Waals surface area contributed by atoms with Crippen molar-refractivity contribution in [2.24, 2.45) is 0 Å². The van der Waals surface area contributed by atoms with Gasteiger partial charge in [-0.25, -0.2) is 9.97 Å². The van der Waals surface area contributed by atoms with Crippen LogP contribution in [0.4, 0.5) is 0 Å². The molecule has 1 N–H and O–H groups in total. The Morgan fingerprint density at radius 3 is 3.04 bits per heavy atom. The molecule has 1 amide bonds. The first-order chi connectivity index (χ1) is 12.7. The Bertz CT molecular complexity index is 925. The van der Waals surface area contributed by atoms with Crippen LogP contribution in [0.2, 0.25) is 0 Å². The predicted octanol–water partition coefficient (Wildman–Crippen LogP) is 1.53. The number of hydrogen-bond donors (Lipinski definition) is 1. The van der Waals surface area contributed by atoms with Gasteiger partial charge in [0, 0.05) is 30.0 Å². The highest BCUT2D eigenvalue weighted by Crippen LogP contribution is 2.17. The lowest BCUT2D eigenvalue weighted by atomic mass is 10.1. The van der Waals surface area contributed by atoms with Gasteiger partial charge in [-0.1, -0.05) is 0 Å². The summed E-state index contributed by atoms with van der Waals surface area (Å²) >= 11 is 0. The minimum atomic E-state index is 0.00100. The van der Waals surface area contributed by atoms with Gasteiger partial charge in [0.25, 0.3) is 5.91 Å². The number of benzene rings is 1. The maximum Gasteiger partial charge on any atom is 0.254 e. The number of ether oxygens (including phenoxy) is 1. The van der Waals surface area contributed by atoms with Gasteiger partial charge in [0.1, 0.15) is 17.4 Å². The van der Waals surface area contributed by atoms with E-state index in [9.17, 15) is 4.79 Å². The van der Waals surface area contributed by atoms with E-state index in [4.69, 9.17) is 4.74 Å². The van der Waals surface area contributed by atoms with Gasteiger partial charge >= 0.3 is 0 Å². The Labute approximate surface area is 150 Å². The van der Waals surface area contributed by atoms with Crippen molar-refractivity contribution < 1.29 is 9.53 Å². The third-order valence-corrected chi connectivity index (χ3v) is 4.57. The minimum Gasteiger partial charge on any atom is -0.375 e. The van der Waals surface area contributed by atoms with Crippen molar-refractivity contribution in [3.63, 3.8) is 0 Å². The van der Waals surface area contributed by atoms with Crippen molar-refractivity contribution in [2.45, 2.75) is 25.9 Å². The summed E-state index contributed by atoms with van der Waals surface area (Å²) in [5, 5.41) is 10.6. The van der Waals surface area contributed by atoms with E-state index in [1.165, 1.54) is 0 Å². The lowest BCUT2D eigenvalue weighted by Crippen LogP contribution is -2.45. The number of amides is 1. The molecule has 2 aromatic heterocycles. The molecule has 8 nitrogen and oxygen atoms in total. The second-order valence-corrected chi connectivity index (χ2v) is 6.46. The zero-order chi connectivity index (χ0) is 17.9. The molecule has 8 heteroatoms. The standard InChI is InChI=1S/C18H20N6O2/c1-12-8-14(20-11-19-12)3-4-15-10-24(6-7-26-15)18(25)13-2-5-16-17(9-13)22-23-21-16/h2,5,8-9,11,15H,3-4,6-7,10H2,1H3,(H,21,22,23)/t15-/m0/s1. The number of H-pyrrole nitrogens is 1. The van der Waals surface area contributed by atoms with Crippen molar-refractivity contribution in [1.29, 1.82) is 0 Å². The number of aryl methyl sites for hydroxylation is 2. The van der Waals surface area contributed by atoms with E-state index in [0.29, 0.717) is 30.8 Å². The minimum absolute atomic E-state index is 0.00100. The molecule has 0 bridgehead atoms. The Morgan fingerprint density at radius 2 is 2.15 bits per heavy atom. The SMILES string of the molecule is Cc1cc(CC[C@H]2CN(C(=O)c3ccc4n[nH]nc4c3)CCO2)ncn1. The Hall–Kier alpha value is -2.87. The van der Waals surface area contributed by atoms with Gasteiger partial charge in [-0.15, -0.1) is 0 Å². The van der Waals surface area contributed by atoms with Crippen LogP contribution in [-0.2, 0) is 11.2 Å². The summed E-state index contributed by atoms with van der Waals surface area (Å²) in [6.45, 7) is 3.68. The zero-order valence-electron chi connectivity index (χ0n) is 14.6. The molecular formula is C18H20N6O2. The number of hydrogen-bond acceptors (Lipinski definition) is 6. The molecule has 1 atom stereocenters. The molecule has 134 valence electrons. The average molecular weight is 352 g/mol. The summed E-state index contributed by atoms with van der Waals surface area (Å²) in [6.07, 6.45) is 3.23. The molecule has 1 aliphatic heterocycles. The average Bonchev–Trinajstić information content (AvgIpc) is 3.14. The number of nitrogens with zero attached hydrogens (tertiary/aromatic N) is 5. The summed E-state index contributed by atoms with van der Waals surface area (Å²) in [4.78, 5) is 23.1. The van der Waals surface area contributed by atoms with Crippen molar-refractivity contribution >= 4 is 16.9 Å². The Kier molecular flexibility index (Phi) is 4.57. The van der Waals surface area contributed by atoms with E-state index in [-0.39, 0.29) is 12.0 Å². The lowest BCUT2D eigenvalue weighted by Gasteiger charge is -2.33. The Morgan fingerprint density at radius 1 is 1.27 bits per heavy atom. The molecule has 1 aliphatic rings. The second kappa shape index (κ2) is 7.17. The first-order valence-corrected chi connectivity index (χ1v) is 8.68. The van der Waals surface area contributed by atoms with Gasteiger partial charge in [0.05, 0.1) is 12.7 Å². The fourth-order valence-corrected chi connectivity index (χ4v) is 3.19. The maximum absolute atomic E-state index is 12.8. The van der Waals surface area contributed by atoms with Crippen molar-refractivity contribution in [1.82, 2.24) is 30.3 Å². The number of aromatic amines is 1. The summed E-state index contributed by atoms with van der Waals surface area (Å²) in [6, 6.07) is 7.36. The predicted molar refractivity (Wildman–Crippen MR) is 94.6 cm³/mol. The topological polar surface area (TPSA) is 96.9 Å². The number of fused-ring (bicyclic) bond motifs is 1. The first kappa shape index (κ1) is 16.6. The van der Waals surface area contributed by atoms with Crippen molar-refractivity contribution in [3.05, 3.63) is 47.5 Å². The number of morpholine rings is 1. The second-order valence-electron chi connectivity index (χ2n) is 6.46. The molecule has 3 aromatic rings. The van der Waals surface area contributed by atoms with Gasteiger partial charge in [0.15, 0.2) is 0 Å². The highest BCUT2D eigenvalue weighted by molar-refractivity contribution is 5.97. The van der Waals surface area contributed by atoms with Crippen LogP contribution in [0, 0.1) is 6.92 Å². The molecule has 1 fully saturated rings. The number of rotatable bonds is 4. The highest BCUT2D eigenvalue weighted by atomic mass is 16.5. The van der Waals surface area contributed by atoms with Crippen LogP contribution in [0.5, 0.6) is 0 Å². The molecule has 0 saturated carbocycles. The van der Waals surface area contributed by atoms with Crippen molar-refractivity contribution in [2.75, 3.05) is 19.7 Å². The van der Waals surface area contributed by atoms with E-state index in [1.807, 2.05) is 17.9 Å². The van der Waals surface area contributed by atoms with E-state index < -0.39 is 0 Å². The Balaban J connectivity index is 1.40. The fourth-order valence-electron chi connectivity index (χ4n) is 3.19. The molecule has 3 heterocycles. The van der Waals surface area contributed by atoms with Gasteiger partial charge in [-0.2, -0.15) is 15.4 Å². The van der Waals surface area contributed by atoms with E-state index >= 15 is 0 Å².